The summed E-state index contributed by atoms with van der Waals surface area (Å²) in [5.41, 5.74) is 2.44. The number of ether oxygens (including phenoxy) is 1. The lowest BCUT2D eigenvalue weighted by Gasteiger charge is -2.21. The normalized spacial score (nSPS) is 19.5. The average Bonchev–Trinajstić information content (AvgIpc) is 2.90. The molecule has 1 fully saturated rings. The maximum absolute atomic E-state index is 11.5. The van der Waals surface area contributed by atoms with Crippen molar-refractivity contribution in [3.63, 3.8) is 0 Å². The van der Waals surface area contributed by atoms with Crippen molar-refractivity contribution in [2.75, 3.05) is 13.7 Å². The fraction of sp³-hybridized carbons (Fsp3) is 0.429. The molecular formula is C14H17N3O2. The van der Waals surface area contributed by atoms with Crippen molar-refractivity contribution in [1.29, 1.82) is 0 Å². The van der Waals surface area contributed by atoms with Crippen molar-refractivity contribution in [1.82, 2.24) is 14.7 Å². The van der Waals surface area contributed by atoms with E-state index in [1.807, 2.05) is 16.7 Å². The molecule has 0 radical (unpaired) electrons. The van der Waals surface area contributed by atoms with Gasteiger partial charge in [-0.15, -0.1) is 0 Å². The number of hydrogen-bond donors (Lipinski definition) is 1. The highest BCUT2D eigenvalue weighted by atomic mass is 16.5. The van der Waals surface area contributed by atoms with Crippen LogP contribution in [0.25, 0.3) is 5.65 Å². The van der Waals surface area contributed by atoms with Crippen LogP contribution in [0.2, 0.25) is 0 Å². The van der Waals surface area contributed by atoms with Crippen molar-refractivity contribution in [2.45, 2.75) is 25.3 Å². The van der Waals surface area contributed by atoms with E-state index in [9.17, 15) is 4.79 Å². The van der Waals surface area contributed by atoms with Gasteiger partial charge in [0, 0.05) is 12.4 Å². The van der Waals surface area contributed by atoms with Crippen LogP contribution in [0.5, 0.6) is 0 Å². The molecule has 5 nitrogen and oxygen atoms in total. The van der Waals surface area contributed by atoms with E-state index >= 15 is 0 Å². The molecule has 1 aliphatic rings. The second-order valence-corrected chi connectivity index (χ2v) is 4.84. The second-order valence-electron chi connectivity index (χ2n) is 4.84. The van der Waals surface area contributed by atoms with Crippen molar-refractivity contribution in [3.8, 4) is 0 Å². The quantitative estimate of drug-likeness (QED) is 0.837. The third-order valence-corrected chi connectivity index (χ3v) is 3.56. The molecule has 19 heavy (non-hydrogen) atoms. The molecule has 1 unspecified atom stereocenters. The summed E-state index contributed by atoms with van der Waals surface area (Å²) < 4.78 is 6.61. The van der Waals surface area contributed by atoms with Crippen LogP contribution in [0.4, 0.5) is 0 Å². The minimum atomic E-state index is -0.326. The lowest BCUT2D eigenvalue weighted by molar-refractivity contribution is 0.0600. The molecule has 1 N–H and O–H groups in total. The van der Waals surface area contributed by atoms with Gasteiger partial charge in [0.15, 0.2) is 0 Å². The van der Waals surface area contributed by atoms with E-state index < -0.39 is 0 Å². The third kappa shape index (κ3) is 2.33. The van der Waals surface area contributed by atoms with Gasteiger partial charge in [0.2, 0.25) is 0 Å². The summed E-state index contributed by atoms with van der Waals surface area (Å²) in [5, 5.41) is 3.48. The molecule has 100 valence electrons. The average molecular weight is 259 g/mol. The smallest absolute Gasteiger partial charge is 0.339 e. The van der Waals surface area contributed by atoms with Gasteiger partial charge >= 0.3 is 5.97 Å². The van der Waals surface area contributed by atoms with Crippen LogP contribution in [0, 0.1) is 0 Å². The highest BCUT2D eigenvalue weighted by molar-refractivity contribution is 5.89. The lowest BCUT2D eigenvalue weighted by Crippen LogP contribution is -2.26. The first kappa shape index (κ1) is 12.2. The number of nitrogens with one attached hydrogen (secondary N) is 1. The third-order valence-electron chi connectivity index (χ3n) is 3.56. The minimum Gasteiger partial charge on any atom is -0.465 e. The Hall–Kier alpha value is -1.88. The van der Waals surface area contributed by atoms with Gasteiger partial charge in [-0.05, 0) is 31.5 Å². The molecule has 5 heteroatoms. The van der Waals surface area contributed by atoms with Gasteiger partial charge < -0.3 is 14.5 Å². The van der Waals surface area contributed by atoms with Crippen molar-refractivity contribution in [3.05, 3.63) is 35.8 Å². The number of carbonyl (C=O) groups excluding carboxylic acids is 1. The Morgan fingerprint density at radius 1 is 1.42 bits per heavy atom. The first-order valence-corrected chi connectivity index (χ1v) is 6.58. The zero-order valence-electron chi connectivity index (χ0n) is 10.9. The molecule has 2 aromatic rings. The fourth-order valence-corrected chi connectivity index (χ4v) is 2.52. The highest BCUT2D eigenvalue weighted by Crippen LogP contribution is 2.22. The van der Waals surface area contributed by atoms with E-state index in [0.29, 0.717) is 11.6 Å². The molecule has 2 aromatic heterocycles. The Morgan fingerprint density at radius 2 is 2.32 bits per heavy atom. The first-order valence-electron chi connectivity index (χ1n) is 6.58. The summed E-state index contributed by atoms with van der Waals surface area (Å²) in [6.45, 7) is 1.05. The number of nitrogens with zero attached hydrogens (tertiary/aromatic N) is 2. The maximum atomic E-state index is 11.5. The highest BCUT2D eigenvalue weighted by Gasteiger charge is 2.18. The van der Waals surface area contributed by atoms with E-state index in [1.54, 1.807) is 12.3 Å². The molecule has 0 aromatic carbocycles. The van der Waals surface area contributed by atoms with E-state index in [0.717, 1.165) is 24.3 Å². The van der Waals surface area contributed by atoms with Crippen LogP contribution in [0.15, 0.2) is 24.5 Å². The van der Waals surface area contributed by atoms with Gasteiger partial charge in [0.25, 0.3) is 0 Å². The molecule has 1 saturated heterocycles. The molecule has 0 aliphatic carbocycles. The number of imidazole rings is 1. The summed E-state index contributed by atoms with van der Waals surface area (Å²) in [6.07, 6.45) is 7.34. The van der Waals surface area contributed by atoms with Gasteiger partial charge in [-0.1, -0.05) is 6.42 Å². The summed E-state index contributed by atoms with van der Waals surface area (Å²) in [6, 6.07) is 3.92. The van der Waals surface area contributed by atoms with Gasteiger partial charge in [0.05, 0.1) is 24.4 Å². The number of piperidine rings is 1. The van der Waals surface area contributed by atoms with Crippen molar-refractivity contribution >= 4 is 11.6 Å². The number of hydrogen-bond acceptors (Lipinski definition) is 4. The van der Waals surface area contributed by atoms with Crippen LogP contribution in [-0.2, 0) is 4.74 Å². The Morgan fingerprint density at radius 3 is 3.05 bits per heavy atom. The summed E-state index contributed by atoms with van der Waals surface area (Å²) in [7, 11) is 1.39. The van der Waals surface area contributed by atoms with Gasteiger partial charge in [-0.25, -0.2) is 9.78 Å². The number of fused-ring (bicyclic) bond motifs is 1. The molecule has 0 bridgehead atoms. The molecule has 1 atom stereocenters. The van der Waals surface area contributed by atoms with Crippen LogP contribution in [0.1, 0.15) is 41.4 Å². The van der Waals surface area contributed by atoms with Crippen molar-refractivity contribution < 1.29 is 9.53 Å². The van der Waals surface area contributed by atoms with Gasteiger partial charge in [-0.3, -0.25) is 0 Å². The predicted molar refractivity (Wildman–Crippen MR) is 71.1 cm³/mol. The summed E-state index contributed by atoms with van der Waals surface area (Å²) in [4.78, 5) is 16.1. The van der Waals surface area contributed by atoms with Crippen molar-refractivity contribution in [2.24, 2.45) is 0 Å². The van der Waals surface area contributed by atoms with E-state index in [-0.39, 0.29) is 5.97 Å². The molecule has 0 spiro atoms. The maximum Gasteiger partial charge on any atom is 0.339 e. The summed E-state index contributed by atoms with van der Waals surface area (Å²) >= 11 is 0. The standard InChI is InChI=1S/C14H17N3O2/c1-19-14(18)10-5-6-13-16-12(9-17(13)8-10)11-4-2-3-7-15-11/h5-6,8-9,11,15H,2-4,7H2,1H3. The molecule has 3 rings (SSSR count). The molecular weight excluding hydrogens is 242 g/mol. The SMILES string of the molecule is COC(=O)c1ccc2nc(C3CCCCN3)cn2c1. The monoisotopic (exact) mass is 259 g/mol. The van der Waals surface area contributed by atoms with Gasteiger partial charge in [-0.2, -0.15) is 0 Å². The fourth-order valence-electron chi connectivity index (χ4n) is 2.52. The van der Waals surface area contributed by atoms with Crippen LogP contribution in [0.3, 0.4) is 0 Å². The Balaban J connectivity index is 1.93. The predicted octanol–water partition coefficient (Wildman–Crippen LogP) is 1.94. The topological polar surface area (TPSA) is 55.6 Å². The Labute approximate surface area is 111 Å². The number of methoxy groups -OCH3 is 1. The zero-order valence-corrected chi connectivity index (χ0v) is 10.9. The van der Waals surface area contributed by atoms with E-state index in [1.165, 1.54) is 20.0 Å². The van der Waals surface area contributed by atoms with E-state index in [4.69, 9.17) is 4.74 Å². The molecule has 3 heterocycles. The van der Waals surface area contributed by atoms with Crippen LogP contribution >= 0.6 is 0 Å². The zero-order chi connectivity index (χ0) is 13.2. The number of esters is 1. The number of aromatic nitrogens is 2. The summed E-state index contributed by atoms with van der Waals surface area (Å²) in [5.74, 6) is -0.326. The second kappa shape index (κ2) is 5.01. The van der Waals surface area contributed by atoms with Gasteiger partial charge in [0.1, 0.15) is 5.65 Å². The lowest BCUT2D eigenvalue weighted by atomic mass is 10.0. The minimum absolute atomic E-state index is 0.326. The molecule has 0 saturated carbocycles. The van der Waals surface area contributed by atoms with E-state index in [2.05, 4.69) is 10.3 Å². The Bertz CT molecular complexity index is 600. The number of pyridine rings is 1. The first-order chi connectivity index (χ1) is 9.28. The molecule has 1 aliphatic heterocycles. The number of carbonyl (C=O) groups is 1. The van der Waals surface area contributed by atoms with Crippen LogP contribution in [-0.4, -0.2) is 29.0 Å². The van der Waals surface area contributed by atoms with Crippen LogP contribution < -0.4 is 5.32 Å². The molecule has 0 amide bonds. The number of rotatable bonds is 2. The Kier molecular flexibility index (Phi) is 3.21. The largest absolute Gasteiger partial charge is 0.465 e.